The molecule has 0 aliphatic rings. The highest BCUT2D eigenvalue weighted by molar-refractivity contribution is 5.96. The minimum absolute atomic E-state index is 0.142. The Balaban J connectivity index is 2.46. The van der Waals surface area contributed by atoms with Crippen molar-refractivity contribution in [1.82, 2.24) is 14.9 Å². The third-order valence-corrected chi connectivity index (χ3v) is 3.73. The summed E-state index contributed by atoms with van der Waals surface area (Å²) in [6.07, 6.45) is 0.271. The maximum Gasteiger partial charge on any atom is 0.257 e. The summed E-state index contributed by atoms with van der Waals surface area (Å²) in [6, 6.07) is 7.77. The Labute approximate surface area is 142 Å². The number of carbonyl (C=O) groups is 1. The molecular formula is C18H24N4O2. The normalized spacial score (nSPS) is 11.9. The number of aromatic nitrogens is 2. The van der Waals surface area contributed by atoms with E-state index in [-0.39, 0.29) is 18.0 Å². The van der Waals surface area contributed by atoms with Crippen LogP contribution in [0.4, 0.5) is 5.95 Å². The van der Waals surface area contributed by atoms with Crippen LogP contribution >= 0.6 is 0 Å². The van der Waals surface area contributed by atoms with Crippen molar-refractivity contribution in [3.63, 3.8) is 0 Å². The summed E-state index contributed by atoms with van der Waals surface area (Å²) in [5.41, 5.74) is 8.50. The highest BCUT2D eigenvalue weighted by atomic mass is 16.5. The molecule has 2 rings (SSSR count). The molecule has 1 amide bonds. The van der Waals surface area contributed by atoms with Gasteiger partial charge in [0, 0.05) is 14.1 Å². The molecule has 1 aromatic carbocycles. The van der Waals surface area contributed by atoms with Crippen molar-refractivity contribution in [2.24, 2.45) is 0 Å². The van der Waals surface area contributed by atoms with E-state index in [0.29, 0.717) is 23.4 Å². The summed E-state index contributed by atoms with van der Waals surface area (Å²) in [5.74, 6) is 0.711. The zero-order valence-corrected chi connectivity index (χ0v) is 14.8. The van der Waals surface area contributed by atoms with Crippen LogP contribution < -0.4 is 10.5 Å². The maximum atomic E-state index is 12.6. The van der Waals surface area contributed by atoms with E-state index in [9.17, 15) is 4.79 Å². The highest BCUT2D eigenvalue weighted by Gasteiger charge is 2.26. The van der Waals surface area contributed by atoms with Gasteiger partial charge in [-0.2, -0.15) is 0 Å². The molecule has 0 spiro atoms. The van der Waals surface area contributed by atoms with Gasteiger partial charge >= 0.3 is 0 Å². The summed E-state index contributed by atoms with van der Waals surface area (Å²) >= 11 is 0. The second kappa shape index (κ2) is 7.29. The first-order chi connectivity index (χ1) is 11.3. The van der Waals surface area contributed by atoms with Crippen molar-refractivity contribution in [2.45, 2.75) is 33.3 Å². The first kappa shape index (κ1) is 17.7. The number of nitrogens with zero attached hydrogens (tertiary/aromatic N) is 3. The lowest BCUT2D eigenvalue weighted by molar-refractivity contribution is 0.0819. The van der Waals surface area contributed by atoms with Gasteiger partial charge in [-0.05, 0) is 32.4 Å². The van der Waals surface area contributed by atoms with Crippen molar-refractivity contribution in [3.8, 4) is 5.75 Å². The molecule has 0 aliphatic heterocycles. The molecule has 0 radical (unpaired) electrons. The number of benzene rings is 1. The Morgan fingerprint density at radius 3 is 2.38 bits per heavy atom. The van der Waals surface area contributed by atoms with Gasteiger partial charge in [0.2, 0.25) is 5.95 Å². The van der Waals surface area contributed by atoms with Gasteiger partial charge in [-0.25, -0.2) is 9.97 Å². The molecule has 2 N–H and O–H groups in total. The van der Waals surface area contributed by atoms with E-state index >= 15 is 0 Å². The summed E-state index contributed by atoms with van der Waals surface area (Å²) in [6.45, 7) is 5.76. The molecule has 1 atom stereocenters. The molecule has 2 aromatic rings. The fourth-order valence-corrected chi connectivity index (χ4v) is 2.45. The van der Waals surface area contributed by atoms with E-state index in [1.54, 1.807) is 21.0 Å². The molecule has 0 saturated heterocycles. The van der Waals surface area contributed by atoms with Gasteiger partial charge in [0.15, 0.2) is 0 Å². The number of hydrogen-bond acceptors (Lipinski definition) is 5. The lowest BCUT2D eigenvalue weighted by Gasteiger charge is -2.22. The molecule has 24 heavy (non-hydrogen) atoms. The molecule has 1 heterocycles. The number of carbonyl (C=O) groups excluding carboxylic acids is 1. The SMILES string of the molecule is CCC(Oc1ccc(C)cc1)c1nc(N)nc(C)c1C(=O)N(C)C. The molecule has 0 bridgehead atoms. The average Bonchev–Trinajstić information content (AvgIpc) is 2.53. The molecule has 1 aromatic heterocycles. The molecule has 0 fully saturated rings. The first-order valence-electron chi connectivity index (χ1n) is 7.92. The van der Waals surface area contributed by atoms with E-state index < -0.39 is 0 Å². The van der Waals surface area contributed by atoms with E-state index in [4.69, 9.17) is 10.5 Å². The summed E-state index contributed by atoms with van der Waals surface area (Å²) in [7, 11) is 3.40. The van der Waals surface area contributed by atoms with Crippen LogP contribution in [0.1, 0.15) is 46.8 Å². The average molecular weight is 328 g/mol. The van der Waals surface area contributed by atoms with Crippen LogP contribution in [0.5, 0.6) is 5.75 Å². The lowest BCUT2D eigenvalue weighted by Crippen LogP contribution is -2.27. The lowest BCUT2D eigenvalue weighted by atomic mass is 10.0. The predicted molar refractivity (Wildman–Crippen MR) is 94.0 cm³/mol. The summed E-state index contributed by atoms with van der Waals surface area (Å²) in [5, 5.41) is 0. The molecule has 6 heteroatoms. The van der Waals surface area contributed by atoms with Crippen LogP contribution in [0.2, 0.25) is 0 Å². The second-order valence-electron chi connectivity index (χ2n) is 5.95. The molecule has 128 valence electrons. The van der Waals surface area contributed by atoms with Gasteiger partial charge in [-0.15, -0.1) is 0 Å². The molecule has 6 nitrogen and oxygen atoms in total. The van der Waals surface area contributed by atoms with E-state index in [2.05, 4.69) is 9.97 Å². The van der Waals surface area contributed by atoms with Crippen molar-refractivity contribution in [2.75, 3.05) is 19.8 Å². The maximum absolute atomic E-state index is 12.6. The van der Waals surface area contributed by atoms with E-state index in [1.165, 1.54) is 4.90 Å². The smallest absolute Gasteiger partial charge is 0.257 e. The Morgan fingerprint density at radius 1 is 1.21 bits per heavy atom. The third-order valence-electron chi connectivity index (χ3n) is 3.73. The van der Waals surface area contributed by atoms with Crippen molar-refractivity contribution in [1.29, 1.82) is 0 Å². The monoisotopic (exact) mass is 328 g/mol. The van der Waals surface area contributed by atoms with Gasteiger partial charge in [0.05, 0.1) is 17.0 Å². The number of anilines is 1. The summed E-state index contributed by atoms with van der Waals surface area (Å²) < 4.78 is 6.07. The van der Waals surface area contributed by atoms with Gasteiger partial charge < -0.3 is 15.4 Å². The Morgan fingerprint density at radius 2 is 1.83 bits per heavy atom. The van der Waals surface area contributed by atoms with Gasteiger partial charge in [0.25, 0.3) is 5.91 Å². The van der Waals surface area contributed by atoms with Crippen molar-refractivity contribution in [3.05, 3.63) is 46.8 Å². The van der Waals surface area contributed by atoms with Crippen molar-refractivity contribution >= 4 is 11.9 Å². The number of hydrogen-bond donors (Lipinski definition) is 1. The van der Waals surface area contributed by atoms with Crippen LogP contribution in [0.15, 0.2) is 24.3 Å². The van der Waals surface area contributed by atoms with Gasteiger partial charge in [0.1, 0.15) is 11.9 Å². The molecule has 0 saturated carbocycles. The van der Waals surface area contributed by atoms with E-state index in [0.717, 1.165) is 11.3 Å². The topological polar surface area (TPSA) is 81.3 Å². The van der Waals surface area contributed by atoms with Crippen LogP contribution in [0, 0.1) is 13.8 Å². The molecule has 0 aliphatic carbocycles. The van der Waals surface area contributed by atoms with Gasteiger partial charge in [-0.1, -0.05) is 24.6 Å². The first-order valence-corrected chi connectivity index (χ1v) is 7.92. The van der Waals surface area contributed by atoms with Crippen molar-refractivity contribution < 1.29 is 9.53 Å². The number of ether oxygens (including phenoxy) is 1. The van der Waals surface area contributed by atoms with Gasteiger partial charge in [-0.3, -0.25) is 4.79 Å². The molecular weight excluding hydrogens is 304 g/mol. The third kappa shape index (κ3) is 3.82. The number of nitrogens with two attached hydrogens (primary N) is 1. The fourth-order valence-electron chi connectivity index (χ4n) is 2.45. The van der Waals surface area contributed by atoms with Crippen LogP contribution in [-0.2, 0) is 0 Å². The number of nitrogen functional groups attached to an aromatic ring is 1. The zero-order chi connectivity index (χ0) is 17.9. The van der Waals surface area contributed by atoms with E-state index in [1.807, 2.05) is 38.1 Å². The van der Waals surface area contributed by atoms with Crippen LogP contribution in [0.3, 0.4) is 0 Å². The highest BCUT2D eigenvalue weighted by Crippen LogP contribution is 2.28. The standard InChI is InChI=1S/C18H24N4O2/c1-6-14(24-13-9-7-11(2)8-10-13)16-15(17(23)22(4)5)12(3)20-18(19)21-16/h7-10,14H,6H2,1-5H3,(H2,19,20,21). The minimum atomic E-state index is -0.379. The quantitative estimate of drug-likeness (QED) is 0.912. The largest absolute Gasteiger partial charge is 0.484 e. The predicted octanol–water partition coefficient (Wildman–Crippen LogP) is 2.91. The number of rotatable bonds is 5. The Hall–Kier alpha value is -2.63. The number of amides is 1. The minimum Gasteiger partial charge on any atom is -0.484 e. The fraction of sp³-hybridized carbons (Fsp3) is 0.389. The summed E-state index contributed by atoms with van der Waals surface area (Å²) in [4.78, 5) is 22.5. The number of aryl methyl sites for hydroxylation is 2. The Bertz CT molecular complexity index is 727. The zero-order valence-electron chi connectivity index (χ0n) is 14.8. The Kier molecular flexibility index (Phi) is 5.39. The van der Waals surface area contributed by atoms with Crippen LogP contribution in [0.25, 0.3) is 0 Å². The van der Waals surface area contributed by atoms with Crippen LogP contribution in [-0.4, -0.2) is 34.9 Å². The molecule has 1 unspecified atom stereocenters. The second-order valence-corrected chi connectivity index (χ2v) is 5.95.